The third-order valence-corrected chi connectivity index (χ3v) is 6.60. The van der Waals surface area contributed by atoms with Crippen LogP contribution >= 0.6 is 0 Å². The zero-order valence-corrected chi connectivity index (χ0v) is 19.4. The summed E-state index contributed by atoms with van der Waals surface area (Å²) in [4.78, 5) is 14.1. The minimum atomic E-state index is -0.708. The molecule has 184 valence electrons. The van der Waals surface area contributed by atoms with E-state index in [-0.39, 0.29) is 30.9 Å². The minimum absolute atomic E-state index is 0.0223. The van der Waals surface area contributed by atoms with E-state index in [1.807, 2.05) is 12.1 Å². The molecular weight excluding hydrogens is 436 g/mol. The molecule has 2 atom stereocenters. The summed E-state index contributed by atoms with van der Waals surface area (Å²) in [5, 5.41) is 33.1. The number of hydrogen-bond acceptors (Lipinski definition) is 7. The van der Waals surface area contributed by atoms with E-state index >= 15 is 0 Å². The number of rotatable bonds is 9. The summed E-state index contributed by atoms with van der Waals surface area (Å²) in [6.07, 6.45) is 2.38. The number of nitrogens with one attached hydrogen (secondary N) is 1. The Labute approximate surface area is 200 Å². The summed E-state index contributed by atoms with van der Waals surface area (Å²) in [6, 6.07) is 11.3. The highest BCUT2D eigenvalue weighted by Gasteiger charge is 2.21. The van der Waals surface area contributed by atoms with E-state index in [1.54, 1.807) is 23.1 Å². The minimum Gasteiger partial charge on any atom is -0.508 e. The first-order valence-electron chi connectivity index (χ1n) is 12.0. The second-order valence-corrected chi connectivity index (χ2v) is 8.94. The van der Waals surface area contributed by atoms with Gasteiger partial charge in [-0.2, -0.15) is 0 Å². The van der Waals surface area contributed by atoms with E-state index in [4.69, 9.17) is 14.6 Å². The van der Waals surface area contributed by atoms with Crippen molar-refractivity contribution < 1.29 is 29.6 Å². The molecule has 1 aliphatic carbocycles. The number of phenolic OH excluding ortho intramolecular Hbond substituents is 1. The van der Waals surface area contributed by atoms with Crippen LogP contribution < -0.4 is 10.1 Å². The number of aliphatic hydroxyl groups is 2. The summed E-state index contributed by atoms with van der Waals surface area (Å²) in [5.41, 5.74) is 3.83. The third kappa shape index (κ3) is 6.27. The van der Waals surface area contributed by atoms with Gasteiger partial charge in [-0.3, -0.25) is 4.79 Å². The van der Waals surface area contributed by atoms with Crippen molar-refractivity contribution in [3.05, 3.63) is 58.7 Å². The molecule has 8 nitrogen and oxygen atoms in total. The highest BCUT2D eigenvalue weighted by Crippen LogP contribution is 2.27. The van der Waals surface area contributed by atoms with Crippen LogP contribution in [0.1, 0.15) is 34.8 Å². The Bertz CT molecular complexity index is 976. The smallest absolute Gasteiger partial charge is 0.260 e. The number of aliphatic hydroxyl groups excluding tert-OH is 2. The molecule has 2 aliphatic rings. The molecule has 0 saturated carbocycles. The second kappa shape index (κ2) is 11.7. The predicted octanol–water partition coefficient (Wildman–Crippen LogP) is 1.35. The van der Waals surface area contributed by atoms with Crippen LogP contribution in [-0.4, -0.2) is 78.2 Å². The van der Waals surface area contributed by atoms with Crippen molar-refractivity contribution >= 4 is 5.91 Å². The van der Waals surface area contributed by atoms with E-state index in [0.29, 0.717) is 56.1 Å². The zero-order valence-electron chi connectivity index (χ0n) is 19.4. The zero-order chi connectivity index (χ0) is 23.9. The predicted molar refractivity (Wildman–Crippen MR) is 127 cm³/mol. The standard InChI is InChI=1S/C26H34N2O6/c29-10-7-20-13-19(3-6-24(20)30)25(31)16-27-22-4-1-18-2-5-23(15-21(18)14-22)34-17-26(32)28-8-11-33-12-9-28/h2-3,5-6,13,15,22,25,27,29-31H,1,4,7-12,14,16-17H2/t22-,25+/m0/s1. The monoisotopic (exact) mass is 470 g/mol. The number of phenols is 1. The van der Waals surface area contributed by atoms with Crippen molar-refractivity contribution in [2.45, 2.75) is 37.8 Å². The van der Waals surface area contributed by atoms with Crippen molar-refractivity contribution in [1.82, 2.24) is 10.2 Å². The van der Waals surface area contributed by atoms with Gasteiger partial charge in [-0.15, -0.1) is 0 Å². The summed E-state index contributed by atoms with van der Waals surface area (Å²) in [5.74, 6) is 0.805. The first kappa shape index (κ1) is 24.5. The molecule has 1 amide bonds. The van der Waals surface area contributed by atoms with Crippen LogP contribution in [0.2, 0.25) is 0 Å². The molecule has 1 fully saturated rings. The normalized spacial score (nSPS) is 18.9. The van der Waals surface area contributed by atoms with Gasteiger partial charge in [-0.05, 0) is 72.2 Å². The molecule has 1 aliphatic heterocycles. The van der Waals surface area contributed by atoms with Crippen LogP contribution in [0, 0.1) is 0 Å². The lowest BCUT2D eigenvalue weighted by atomic mass is 9.88. The van der Waals surface area contributed by atoms with E-state index < -0.39 is 6.10 Å². The van der Waals surface area contributed by atoms with E-state index in [0.717, 1.165) is 19.3 Å². The molecule has 1 saturated heterocycles. The van der Waals surface area contributed by atoms with Gasteiger partial charge in [0.1, 0.15) is 11.5 Å². The van der Waals surface area contributed by atoms with Gasteiger partial charge in [0.05, 0.1) is 19.3 Å². The van der Waals surface area contributed by atoms with Crippen LogP contribution in [0.3, 0.4) is 0 Å². The SMILES string of the molecule is O=C(COc1ccc2c(c1)C[C@@H](NC[C@@H](O)c1ccc(O)c(CCO)c1)CC2)N1CCOCC1. The Morgan fingerprint density at radius 2 is 2.00 bits per heavy atom. The van der Waals surface area contributed by atoms with Crippen molar-refractivity contribution in [2.75, 3.05) is 46.1 Å². The summed E-state index contributed by atoms with van der Waals surface area (Å²) in [6.45, 7) is 2.73. The van der Waals surface area contributed by atoms with Gasteiger partial charge >= 0.3 is 0 Å². The molecule has 0 unspecified atom stereocenters. The molecule has 2 aromatic carbocycles. The average molecular weight is 471 g/mol. The van der Waals surface area contributed by atoms with E-state index in [2.05, 4.69) is 11.4 Å². The number of morpholine rings is 1. The number of nitrogens with zero attached hydrogens (tertiary/aromatic N) is 1. The van der Waals surface area contributed by atoms with Gasteiger partial charge in [-0.1, -0.05) is 12.1 Å². The molecule has 0 radical (unpaired) electrons. The van der Waals surface area contributed by atoms with Gasteiger partial charge in [-0.25, -0.2) is 0 Å². The molecule has 2 aromatic rings. The molecule has 34 heavy (non-hydrogen) atoms. The highest BCUT2D eigenvalue weighted by molar-refractivity contribution is 5.77. The number of benzene rings is 2. The van der Waals surface area contributed by atoms with Crippen molar-refractivity contribution in [1.29, 1.82) is 0 Å². The molecule has 8 heteroatoms. The summed E-state index contributed by atoms with van der Waals surface area (Å²) in [7, 11) is 0. The van der Waals surface area contributed by atoms with Crippen LogP contribution in [0.15, 0.2) is 36.4 Å². The number of aryl methyl sites for hydroxylation is 1. The molecule has 0 bridgehead atoms. The number of aromatic hydroxyl groups is 1. The molecule has 4 N–H and O–H groups in total. The second-order valence-electron chi connectivity index (χ2n) is 8.94. The van der Waals surface area contributed by atoms with Crippen LogP contribution in [-0.2, 0) is 28.8 Å². The quantitative estimate of drug-likeness (QED) is 0.438. The van der Waals surface area contributed by atoms with Crippen LogP contribution in [0.25, 0.3) is 0 Å². The maximum absolute atomic E-state index is 12.3. The lowest BCUT2D eigenvalue weighted by molar-refractivity contribution is -0.137. The maximum Gasteiger partial charge on any atom is 0.260 e. The van der Waals surface area contributed by atoms with Crippen molar-refractivity contribution in [2.24, 2.45) is 0 Å². The van der Waals surface area contributed by atoms with Gasteiger partial charge in [0.2, 0.25) is 0 Å². The Morgan fingerprint density at radius 3 is 2.79 bits per heavy atom. The number of fused-ring (bicyclic) bond motifs is 1. The van der Waals surface area contributed by atoms with Gasteiger partial charge in [0.25, 0.3) is 5.91 Å². The first-order chi connectivity index (χ1) is 16.5. The lowest BCUT2D eigenvalue weighted by Gasteiger charge is -2.28. The van der Waals surface area contributed by atoms with E-state index in [1.165, 1.54) is 11.1 Å². The molecule has 4 rings (SSSR count). The molecule has 0 aromatic heterocycles. The fourth-order valence-corrected chi connectivity index (χ4v) is 4.58. The lowest BCUT2D eigenvalue weighted by Crippen LogP contribution is -2.43. The van der Waals surface area contributed by atoms with Crippen molar-refractivity contribution in [3.63, 3.8) is 0 Å². The fraction of sp³-hybridized carbons (Fsp3) is 0.500. The fourth-order valence-electron chi connectivity index (χ4n) is 4.58. The Morgan fingerprint density at radius 1 is 1.18 bits per heavy atom. The Balaban J connectivity index is 1.29. The number of carbonyl (C=O) groups is 1. The third-order valence-electron chi connectivity index (χ3n) is 6.60. The summed E-state index contributed by atoms with van der Waals surface area (Å²) < 4.78 is 11.1. The molecule has 0 spiro atoms. The molecular formula is C26H34N2O6. The number of carbonyl (C=O) groups excluding carboxylic acids is 1. The van der Waals surface area contributed by atoms with Crippen LogP contribution in [0.5, 0.6) is 11.5 Å². The van der Waals surface area contributed by atoms with Gasteiger partial charge in [0.15, 0.2) is 6.61 Å². The van der Waals surface area contributed by atoms with E-state index in [9.17, 15) is 15.0 Å². The first-order valence-corrected chi connectivity index (χ1v) is 12.0. The Kier molecular flexibility index (Phi) is 8.39. The summed E-state index contributed by atoms with van der Waals surface area (Å²) >= 11 is 0. The van der Waals surface area contributed by atoms with Crippen molar-refractivity contribution in [3.8, 4) is 11.5 Å². The Hall–Kier alpha value is -2.65. The number of hydrogen-bond donors (Lipinski definition) is 4. The average Bonchev–Trinajstić information content (AvgIpc) is 2.87. The van der Waals surface area contributed by atoms with Gasteiger partial charge < -0.3 is 35.0 Å². The van der Waals surface area contributed by atoms with Gasteiger partial charge in [0, 0.05) is 32.3 Å². The number of ether oxygens (including phenoxy) is 2. The largest absolute Gasteiger partial charge is 0.508 e. The molecule has 1 heterocycles. The van der Waals surface area contributed by atoms with Crippen LogP contribution in [0.4, 0.5) is 0 Å². The highest BCUT2D eigenvalue weighted by atomic mass is 16.5. The maximum atomic E-state index is 12.3. The number of amides is 1. The topological polar surface area (TPSA) is 111 Å².